The first-order valence-corrected chi connectivity index (χ1v) is 11.5. The van der Waals surface area contributed by atoms with Crippen molar-refractivity contribution < 1.29 is 23.5 Å². The lowest BCUT2D eigenvalue weighted by molar-refractivity contribution is 0.0840. The van der Waals surface area contributed by atoms with Crippen LogP contribution in [-0.4, -0.2) is 50.2 Å². The van der Waals surface area contributed by atoms with Crippen molar-refractivity contribution in [3.8, 4) is 5.75 Å². The van der Waals surface area contributed by atoms with E-state index in [1.165, 1.54) is 31.4 Å². The van der Waals surface area contributed by atoms with Gasteiger partial charge >= 0.3 is 6.09 Å². The minimum absolute atomic E-state index is 0. The molecule has 192 valence electrons. The van der Waals surface area contributed by atoms with Crippen LogP contribution in [0.2, 0.25) is 5.02 Å². The van der Waals surface area contributed by atoms with Crippen LogP contribution >= 0.6 is 24.0 Å². The molecule has 0 bridgehead atoms. The molecule has 0 aromatic heterocycles. The van der Waals surface area contributed by atoms with Gasteiger partial charge in [0.1, 0.15) is 17.7 Å². The maximum Gasteiger partial charge on any atom is 0.405 e. The van der Waals surface area contributed by atoms with E-state index in [0.717, 1.165) is 25.9 Å². The molecule has 0 radical (unpaired) electrons. The molecule has 2 aromatic rings. The minimum Gasteiger partial charge on any atom is -0.496 e. The molecule has 1 unspecified atom stereocenters. The molecule has 1 aliphatic heterocycles. The van der Waals surface area contributed by atoms with Gasteiger partial charge < -0.3 is 31.2 Å². The lowest BCUT2D eigenvalue weighted by Gasteiger charge is -2.32. The molecular weight excluding hydrogens is 498 g/mol. The van der Waals surface area contributed by atoms with Gasteiger partial charge in [-0.15, -0.1) is 12.4 Å². The number of anilines is 1. The summed E-state index contributed by atoms with van der Waals surface area (Å²) in [6, 6.07) is 8.92. The molecule has 8 nitrogen and oxygen atoms in total. The van der Waals surface area contributed by atoms with Crippen molar-refractivity contribution in [3.63, 3.8) is 0 Å². The van der Waals surface area contributed by atoms with Crippen LogP contribution in [0, 0.1) is 11.7 Å². The Morgan fingerprint density at radius 3 is 2.49 bits per heavy atom. The van der Waals surface area contributed by atoms with Crippen LogP contribution in [0.3, 0.4) is 0 Å². The van der Waals surface area contributed by atoms with Crippen LogP contribution in [-0.2, 0) is 4.74 Å². The number of hydrogen-bond acceptors (Lipinski definition) is 6. The van der Waals surface area contributed by atoms with Crippen LogP contribution in [0.5, 0.6) is 5.75 Å². The summed E-state index contributed by atoms with van der Waals surface area (Å²) in [7, 11) is 1.48. The number of primary amides is 1. The van der Waals surface area contributed by atoms with E-state index in [1.54, 1.807) is 12.1 Å². The number of nitrogens with two attached hydrogens (primary N) is 2. The van der Waals surface area contributed by atoms with E-state index in [-0.39, 0.29) is 24.1 Å². The second-order valence-corrected chi connectivity index (χ2v) is 8.74. The van der Waals surface area contributed by atoms with Crippen LogP contribution < -0.4 is 21.5 Å². The van der Waals surface area contributed by atoms with Crippen molar-refractivity contribution in [1.29, 1.82) is 0 Å². The molecule has 0 spiro atoms. The van der Waals surface area contributed by atoms with Crippen molar-refractivity contribution in [1.82, 2.24) is 10.2 Å². The van der Waals surface area contributed by atoms with Gasteiger partial charge in [-0.05, 0) is 55.6 Å². The first kappa shape index (κ1) is 28.5. The van der Waals surface area contributed by atoms with E-state index >= 15 is 0 Å². The van der Waals surface area contributed by atoms with Gasteiger partial charge in [-0.2, -0.15) is 0 Å². The maximum absolute atomic E-state index is 13.2. The van der Waals surface area contributed by atoms with E-state index < -0.39 is 12.2 Å². The lowest BCUT2D eigenvalue weighted by Crippen LogP contribution is -2.39. The molecule has 35 heavy (non-hydrogen) atoms. The fraction of sp³-hybridized carbons (Fsp3) is 0.417. The number of hydrogen-bond donors (Lipinski definition) is 3. The largest absolute Gasteiger partial charge is 0.496 e. The number of ether oxygens (including phenoxy) is 2. The molecule has 5 N–H and O–H groups in total. The number of carbonyl (C=O) groups is 2. The maximum atomic E-state index is 13.2. The number of likely N-dealkylation sites (tertiary alicyclic amines) is 1. The van der Waals surface area contributed by atoms with Crippen molar-refractivity contribution in [2.24, 2.45) is 11.7 Å². The molecule has 0 aliphatic carbocycles. The average Bonchev–Trinajstić information content (AvgIpc) is 2.82. The van der Waals surface area contributed by atoms with Crippen molar-refractivity contribution in [3.05, 3.63) is 58.4 Å². The fourth-order valence-electron chi connectivity index (χ4n) is 4.07. The first-order chi connectivity index (χ1) is 16.3. The standard InChI is InChI=1S/C24H30ClFN4O4.ClH/c1-33-22-13-20(27)19(25)12-18(22)23(31)29-14-15-6-9-30(10-7-15)11-8-21(34-24(28)32)16-2-4-17(26)5-3-16;/h2-5,12-13,15,21H,6-11,14,27H2,1H3,(H2,28,32)(H,29,31);1H. The topological polar surface area (TPSA) is 120 Å². The summed E-state index contributed by atoms with van der Waals surface area (Å²) in [6.45, 7) is 2.95. The summed E-state index contributed by atoms with van der Waals surface area (Å²) in [5, 5.41) is 3.27. The molecule has 1 atom stereocenters. The van der Waals surface area contributed by atoms with Gasteiger partial charge in [0.15, 0.2) is 0 Å². The number of nitrogen functional groups attached to an aromatic ring is 1. The van der Waals surface area contributed by atoms with E-state index in [1.807, 2.05) is 0 Å². The van der Waals surface area contributed by atoms with E-state index in [2.05, 4.69) is 10.2 Å². The Labute approximate surface area is 215 Å². The second-order valence-electron chi connectivity index (χ2n) is 8.33. The molecule has 1 aliphatic rings. The van der Waals surface area contributed by atoms with E-state index in [4.69, 9.17) is 32.5 Å². The Bertz CT molecular complexity index is 1000. The van der Waals surface area contributed by atoms with Gasteiger partial charge in [-0.25, -0.2) is 9.18 Å². The summed E-state index contributed by atoms with van der Waals surface area (Å²) >= 11 is 6.06. The third-order valence-electron chi connectivity index (χ3n) is 6.03. The fourth-order valence-corrected chi connectivity index (χ4v) is 4.24. The number of carbonyl (C=O) groups excluding carboxylic acids is 2. The molecule has 2 amide bonds. The monoisotopic (exact) mass is 528 g/mol. The van der Waals surface area contributed by atoms with Crippen molar-refractivity contribution in [2.75, 3.05) is 39.0 Å². The minimum atomic E-state index is -0.859. The average molecular weight is 529 g/mol. The number of piperidine rings is 1. The number of nitrogens with zero attached hydrogens (tertiary/aromatic N) is 1. The van der Waals surface area contributed by atoms with Crippen molar-refractivity contribution >= 4 is 41.7 Å². The van der Waals surface area contributed by atoms with E-state index in [0.29, 0.717) is 53.0 Å². The number of halogens is 3. The number of amides is 2. The Morgan fingerprint density at radius 1 is 1.23 bits per heavy atom. The van der Waals surface area contributed by atoms with Crippen LogP contribution in [0.15, 0.2) is 36.4 Å². The number of benzene rings is 2. The zero-order valence-corrected chi connectivity index (χ0v) is 21.0. The van der Waals surface area contributed by atoms with Gasteiger partial charge in [0.25, 0.3) is 5.91 Å². The smallest absolute Gasteiger partial charge is 0.405 e. The Hall–Kier alpha value is -2.75. The molecule has 1 fully saturated rings. The first-order valence-electron chi connectivity index (χ1n) is 11.1. The molecule has 2 aromatic carbocycles. The highest BCUT2D eigenvalue weighted by atomic mass is 35.5. The van der Waals surface area contributed by atoms with Gasteiger partial charge in [-0.3, -0.25) is 4.79 Å². The summed E-state index contributed by atoms with van der Waals surface area (Å²) in [6.07, 6.45) is 0.989. The van der Waals surface area contributed by atoms with Gasteiger partial charge in [0.2, 0.25) is 0 Å². The predicted octanol–water partition coefficient (Wildman–Crippen LogP) is 4.16. The SMILES string of the molecule is COc1cc(N)c(Cl)cc1C(=O)NCC1CCN(CCC(OC(N)=O)c2ccc(F)cc2)CC1.Cl. The molecule has 11 heteroatoms. The molecule has 1 heterocycles. The van der Waals surface area contributed by atoms with Gasteiger partial charge in [0, 0.05) is 25.6 Å². The third-order valence-corrected chi connectivity index (χ3v) is 6.36. The highest BCUT2D eigenvalue weighted by molar-refractivity contribution is 6.33. The zero-order valence-electron chi connectivity index (χ0n) is 19.5. The molecule has 3 rings (SSSR count). The van der Waals surface area contributed by atoms with Crippen molar-refractivity contribution in [2.45, 2.75) is 25.4 Å². The Kier molecular flexibility index (Phi) is 10.9. The van der Waals surface area contributed by atoms with Crippen LogP contribution in [0.1, 0.15) is 41.3 Å². The lowest BCUT2D eigenvalue weighted by atomic mass is 9.96. The molecule has 0 saturated carbocycles. The normalized spacial score (nSPS) is 15.1. The zero-order chi connectivity index (χ0) is 24.7. The second kappa shape index (κ2) is 13.4. The Balaban J connectivity index is 0.00000432. The quantitative estimate of drug-likeness (QED) is 0.420. The van der Waals surface area contributed by atoms with Gasteiger partial charge in [0.05, 0.1) is 23.4 Å². The third kappa shape index (κ3) is 8.16. The van der Waals surface area contributed by atoms with Crippen LogP contribution in [0.4, 0.5) is 14.9 Å². The summed E-state index contributed by atoms with van der Waals surface area (Å²) in [5.74, 6) is 0.105. The number of nitrogens with one attached hydrogen (secondary N) is 1. The number of rotatable bonds is 9. The highest BCUT2D eigenvalue weighted by Gasteiger charge is 2.23. The Morgan fingerprint density at radius 2 is 1.89 bits per heavy atom. The molecule has 1 saturated heterocycles. The predicted molar refractivity (Wildman–Crippen MR) is 136 cm³/mol. The number of methoxy groups -OCH3 is 1. The highest BCUT2D eigenvalue weighted by Crippen LogP contribution is 2.29. The van der Waals surface area contributed by atoms with E-state index in [9.17, 15) is 14.0 Å². The summed E-state index contributed by atoms with van der Waals surface area (Å²) in [5.41, 5.74) is 12.4. The molecular formula is C24H31Cl2FN4O4. The summed E-state index contributed by atoms with van der Waals surface area (Å²) < 4.78 is 23.7. The van der Waals surface area contributed by atoms with Crippen LogP contribution in [0.25, 0.3) is 0 Å². The van der Waals surface area contributed by atoms with Gasteiger partial charge in [-0.1, -0.05) is 23.7 Å². The summed E-state index contributed by atoms with van der Waals surface area (Å²) in [4.78, 5) is 26.2.